The van der Waals surface area contributed by atoms with E-state index >= 15 is 0 Å². The van der Waals surface area contributed by atoms with Crippen LogP contribution in [0.3, 0.4) is 0 Å². The molecule has 0 bridgehead atoms. The van der Waals surface area contributed by atoms with E-state index in [0.717, 1.165) is 4.57 Å². The highest BCUT2D eigenvalue weighted by Crippen LogP contribution is 2.31. The maximum Gasteiger partial charge on any atom is 0.335 e. The molecule has 118 valence electrons. The Morgan fingerprint density at radius 3 is 2.68 bits per heavy atom. The zero-order valence-electron chi connectivity index (χ0n) is 11.2. The number of rotatable bonds is 3. The van der Waals surface area contributed by atoms with Crippen LogP contribution >= 0.6 is 0 Å². The van der Waals surface area contributed by atoms with Crippen molar-refractivity contribution >= 4 is 0 Å². The number of nitrogens with zero attached hydrogens (tertiary/aromatic N) is 2. The molecule has 5 N–H and O–H groups in total. The predicted octanol–water partition coefficient (Wildman–Crippen LogP) is -2.60. The maximum atomic E-state index is 12.0. The lowest BCUT2D eigenvalue weighted by Gasteiger charge is -2.14. The topological polar surface area (TPSA) is 153 Å². The smallest absolute Gasteiger partial charge is 0.335 e. The number of aromatic nitrogens is 4. The van der Waals surface area contributed by atoms with Crippen LogP contribution in [-0.4, -0.2) is 59.8 Å². The summed E-state index contributed by atoms with van der Waals surface area (Å²) in [5.41, 5.74) is -1.52. The molecule has 0 aliphatic carbocycles. The van der Waals surface area contributed by atoms with Crippen molar-refractivity contribution in [3.63, 3.8) is 0 Å². The molecule has 0 saturated carbocycles. The van der Waals surface area contributed by atoms with E-state index in [1.54, 1.807) is 0 Å². The molecule has 10 nitrogen and oxygen atoms in total. The molecule has 0 amide bonds. The Morgan fingerprint density at radius 1 is 1.32 bits per heavy atom. The van der Waals surface area contributed by atoms with Crippen LogP contribution in [-0.2, 0) is 4.74 Å². The third kappa shape index (κ3) is 2.27. The van der Waals surface area contributed by atoms with E-state index in [1.807, 2.05) is 0 Å². The van der Waals surface area contributed by atoms with Crippen LogP contribution in [0.1, 0.15) is 11.7 Å². The molecule has 1 aliphatic heterocycles. The Morgan fingerprint density at radius 2 is 2.09 bits per heavy atom. The number of H-pyrrole nitrogens is 2. The van der Waals surface area contributed by atoms with Crippen molar-refractivity contribution in [1.82, 2.24) is 19.5 Å². The highest BCUT2D eigenvalue weighted by molar-refractivity contribution is 5.19. The second-order valence-corrected chi connectivity index (χ2v) is 4.89. The van der Waals surface area contributed by atoms with Crippen molar-refractivity contribution in [2.24, 2.45) is 0 Å². The Balaban J connectivity index is 2.07. The van der Waals surface area contributed by atoms with Crippen LogP contribution in [0.2, 0.25) is 0 Å². The van der Waals surface area contributed by atoms with Crippen molar-refractivity contribution in [2.45, 2.75) is 24.4 Å². The summed E-state index contributed by atoms with van der Waals surface area (Å²) in [6.45, 7) is -0.509. The van der Waals surface area contributed by atoms with Gasteiger partial charge in [-0.25, -0.2) is 14.3 Å². The second kappa shape index (κ2) is 5.50. The van der Waals surface area contributed by atoms with E-state index in [4.69, 9.17) is 9.84 Å². The first-order valence-corrected chi connectivity index (χ1v) is 6.51. The van der Waals surface area contributed by atoms with Gasteiger partial charge >= 0.3 is 5.69 Å². The van der Waals surface area contributed by atoms with Gasteiger partial charge in [-0.05, 0) is 0 Å². The average Bonchev–Trinajstić information content (AvgIpc) is 3.10. The van der Waals surface area contributed by atoms with Gasteiger partial charge in [0, 0.05) is 18.6 Å². The third-order valence-electron chi connectivity index (χ3n) is 3.53. The average molecular weight is 310 g/mol. The van der Waals surface area contributed by atoms with Crippen LogP contribution in [0.5, 0.6) is 0 Å². The minimum absolute atomic E-state index is 0.0569. The molecule has 3 heterocycles. The van der Waals surface area contributed by atoms with Crippen LogP contribution < -0.4 is 11.2 Å². The van der Waals surface area contributed by atoms with E-state index < -0.39 is 42.3 Å². The Hall–Kier alpha value is -2.27. The monoisotopic (exact) mass is 310 g/mol. The minimum Gasteiger partial charge on any atom is -0.394 e. The fourth-order valence-electron chi connectivity index (χ4n) is 2.39. The molecule has 0 aromatic carbocycles. The van der Waals surface area contributed by atoms with Gasteiger partial charge in [-0.1, -0.05) is 0 Å². The van der Waals surface area contributed by atoms with E-state index in [0.29, 0.717) is 0 Å². The number of ether oxygens (including phenoxy) is 1. The first-order chi connectivity index (χ1) is 10.5. The number of hydrogen-bond acceptors (Lipinski definition) is 7. The van der Waals surface area contributed by atoms with E-state index in [2.05, 4.69) is 15.0 Å². The van der Waals surface area contributed by atoms with Crippen molar-refractivity contribution in [1.29, 1.82) is 0 Å². The van der Waals surface area contributed by atoms with Gasteiger partial charge in [0.05, 0.1) is 12.2 Å². The number of aromatic amines is 2. The standard InChI is InChI=1S/C12H14N4O6/c17-4-6-7(18)8(19)9(22-6)5-3-16(11-13-1-2-14-11)12(21)15-10(5)20/h1-3,6-9,17-19H,4H2,(H,13,14)(H,15,20,21)/t6-,7?,8?,9+/m1/s1. The molecule has 4 atom stereocenters. The van der Waals surface area contributed by atoms with Crippen molar-refractivity contribution in [3.8, 4) is 5.95 Å². The summed E-state index contributed by atoms with van der Waals surface area (Å²) in [4.78, 5) is 32.5. The van der Waals surface area contributed by atoms with Gasteiger partial charge in [0.1, 0.15) is 24.4 Å². The Kier molecular flexibility index (Phi) is 3.66. The first-order valence-electron chi connectivity index (χ1n) is 6.51. The summed E-state index contributed by atoms with van der Waals surface area (Å²) in [6, 6.07) is 0. The lowest BCUT2D eigenvalue weighted by molar-refractivity contribution is -0.0233. The summed E-state index contributed by atoms with van der Waals surface area (Å²) in [6.07, 6.45) is -0.807. The molecule has 2 aromatic heterocycles. The van der Waals surface area contributed by atoms with Gasteiger partial charge in [-0.2, -0.15) is 0 Å². The highest BCUT2D eigenvalue weighted by Gasteiger charge is 2.44. The Labute approximate surface area is 122 Å². The molecule has 1 aliphatic rings. The molecule has 2 unspecified atom stereocenters. The zero-order chi connectivity index (χ0) is 15.9. The second-order valence-electron chi connectivity index (χ2n) is 4.89. The van der Waals surface area contributed by atoms with Gasteiger partial charge in [0.25, 0.3) is 5.56 Å². The quantitative estimate of drug-likeness (QED) is 0.416. The van der Waals surface area contributed by atoms with Gasteiger partial charge in [0.2, 0.25) is 5.95 Å². The van der Waals surface area contributed by atoms with Crippen molar-refractivity contribution in [3.05, 3.63) is 45.0 Å². The largest absolute Gasteiger partial charge is 0.394 e. The lowest BCUT2D eigenvalue weighted by atomic mass is 10.0. The third-order valence-corrected chi connectivity index (χ3v) is 3.53. The fourth-order valence-corrected chi connectivity index (χ4v) is 2.39. The van der Waals surface area contributed by atoms with Crippen LogP contribution in [0.15, 0.2) is 28.2 Å². The SMILES string of the molecule is O=c1[nH]c(=O)n(-c2ncc[nH]2)cc1[C@@H]1O[C@H](CO)C(O)C1O. The molecular formula is C12H14N4O6. The number of aliphatic hydroxyl groups excluding tert-OH is 3. The van der Waals surface area contributed by atoms with Crippen LogP contribution in [0.25, 0.3) is 5.95 Å². The number of imidazole rings is 1. The van der Waals surface area contributed by atoms with Gasteiger partial charge in [0.15, 0.2) is 0 Å². The van der Waals surface area contributed by atoms with Gasteiger partial charge < -0.3 is 25.0 Å². The summed E-state index contributed by atoms with van der Waals surface area (Å²) in [7, 11) is 0. The molecule has 3 rings (SSSR count). The molecule has 0 spiro atoms. The highest BCUT2D eigenvalue weighted by atomic mass is 16.6. The number of aliphatic hydroxyl groups is 3. The van der Waals surface area contributed by atoms with Crippen LogP contribution in [0.4, 0.5) is 0 Å². The maximum absolute atomic E-state index is 12.0. The minimum atomic E-state index is -1.40. The Bertz CT molecular complexity index is 767. The molecule has 10 heteroatoms. The van der Waals surface area contributed by atoms with Crippen molar-refractivity contribution in [2.75, 3.05) is 6.61 Å². The van der Waals surface area contributed by atoms with Crippen molar-refractivity contribution < 1.29 is 20.1 Å². The first kappa shape index (κ1) is 14.7. The zero-order valence-corrected chi connectivity index (χ0v) is 11.2. The van der Waals surface area contributed by atoms with E-state index in [-0.39, 0.29) is 11.5 Å². The summed E-state index contributed by atoms with van der Waals surface area (Å²) >= 11 is 0. The van der Waals surface area contributed by atoms with Gasteiger partial charge in [-0.3, -0.25) is 9.78 Å². The summed E-state index contributed by atoms with van der Waals surface area (Å²) < 4.78 is 6.35. The predicted molar refractivity (Wildman–Crippen MR) is 71.5 cm³/mol. The molecule has 22 heavy (non-hydrogen) atoms. The normalized spacial score (nSPS) is 28.1. The molecule has 1 saturated heterocycles. The molecular weight excluding hydrogens is 296 g/mol. The lowest BCUT2D eigenvalue weighted by Crippen LogP contribution is -2.35. The molecule has 2 aromatic rings. The number of nitrogens with one attached hydrogen (secondary N) is 2. The molecule has 0 radical (unpaired) electrons. The molecule has 1 fully saturated rings. The van der Waals surface area contributed by atoms with Gasteiger partial charge in [-0.15, -0.1) is 0 Å². The van der Waals surface area contributed by atoms with Crippen LogP contribution in [0, 0.1) is 0 Å². The fraction of sp³-hybridized carbons (Fsp3) is 0.417. The van der Waals surface area contributed by atoms with E-state index in [9.17, 15) is 19.8 Å². The number of hydrogen-bond donors (Lipinski definition) is 5. The van der Waals surface area contributed by atoms with E-state index in [1.165, 1.54) is 18.6 Å². The summed E-state index contributed by atoms with van der Waals surface area (Å²) in [5.74, 6) is 0.175. The summed E-state index contributed by atoms with van der Waals surface area (Å²) in [5, 5.41) is 28.8.